The zero-order chi connectivity index (χ0) is 17.7. The first-order valence-corrected chi connectivity index (χ1v) is 8.47. The van der Waals surface area contributed by atoms with Crippen LogP contribution in [0.4, 0.5) is 0 Å². The maximum Gasteiger partial charge on any atom is 0.341 e. The molecule has 0 bridgehead atoms. The lowest BCUT2D eigenvalue weighted by atomic mass is 10.1. The van der Waals surface area contributed by atoms with E-state index in [1.807, 2.05) is 6.92 Å². The van der Waals surface area contributed by atoms with Gasteiger partial charge in [-0.1, -0.05) is 43.0 Å². The van der Waals surface area contributed by atoms with Gasteiger partial charge in [-0.3, -0.25) is 9.69 Å². The molecule has 1 fully saturated rings. The number of carboxylic acids is 1. The number of carbonyl (C=O) groups is 2. The number of thioether (sulfide) groups is 1. The summed E-state index contributed by atoms with van der Waals surface area (Å²) >= 11 is 6.46. The van der Waals surface area contributed by atoms with Crippen molar-refractivity contribution in [2.75, 3.05) is 20.3 Å². The fraction of sp³-hybridized carbons (Fsp3) is 0.312. The van der Waals surface area contributed by atoms with E-state index >= 15 is 0 Å². The Morgan fingerprint density at radius 2 is 2.21 bits per heavy atom. The minimum absolute atomic E-state index is 0.154. The lowest BCUT2D eigenvalue weighted by Crippen LogP contribution is -2.28. The van der Waals surface area contributed by atoms with Crippen LogP contribution in [0.2, 0.25) is 0 Å². The Kier molecular flexibility index (Phi) is 6.22. The van der Waals surface area contributed by atoms with Gasteiger partial charge in [0.25, 0.3) is 5.91 Å². The van der Waals surface area contributed by atoms with Crippen LogP contribution < -0.4 is 9.47 Å². The smallest absolute Gasteiger partial charge is 0.341 e. The fourth-order valence-corrected chi connectivity index (χ4v) is 3.45. The highest BCUT2D eigenvalue weighted by Gasteiger charge is 2.31. The van der Waals surface area contributed by atoms with E-state index in [0.29, 0.717) is 27.1 Å². The van der Waals surface area contributed by atoms with Crippen LogP contribution in [0, 0.1) is 0 Å². The second kappa shape index (κ2) is 8.16. The van der Waals surface area contributed by atoms with Crippen molar-refractivity contribution in [2.24, 2.45) is 0 Å². The number of benzene rings is 1. The molecule has 1 amide bonds. The molecule has 0 unspecified atom stereocenters. The molecule has 6 nitrogen and oxygen atoms in total. The maximum absolute atomic E-state index is 12.4. The van der Waals surface area contributed by atoms with E-state index in [1.165, 1.54) is 18.9 Å². The number of hydrogen-bond donors (Lipinski definition) is 1. The molecular weight excluding hydrogens is 350 g/mol. The number of carboxylic acid groups (broad SMARTS) is 1. The Morgan fingerprint density at radius 3 is 2.83 bits per heavy atom. The van der Waals surface area contributed by atoms with Gasteiger partial charge >= 0.3 is 5.97 Å². The number of nitrogens with zero attached hydrogens (tertiary/aromatic N) is 1. The van der Waals surface area contributed by atoms with Gasteiger partial charge in [-0.2, -0.15) is 0 Å². The molecule has 1 aromatic rings. The van der Waals surface area contributed by atoms with Crippen molar-refractivity contribution in [1.82, 2.24) is 4.90 Å². The summed E-state index contributed by atoms with van der Waals surface area (Å²) in [4.78, 5) is 25.2. The largest absolute Gasteiger partial charge is 0.493 e. The van der Waals surface area contributed by atoms with Gasteiger partial charge in [-0.15, -0.1) is 0 Å². The lowest BCUT2D eigenvalue weighted by molar-refractivity contribution is -0.139. The lowest BCUT2D eigenvalue weighted by Gasteiger charge is -2.13. The third kappa shape index (κ3) is 4.07. The number of para-hydroxylation sites is 1. The second-order valence-electron chi connectivity index (χ2n) is 4.89. The van der Waals surface area contributed by atoms with Gasteiger partial charge in [0, 0.05) is 12.1 Å². The van der Waals surface area contributed by atoms with Crippen molar-refractivity contribution in [3.05, 3.63) is 28.7 Å². The van der Waals surface area contributed by atoms with Crippen LogP contribution in [-0.2, 0) is 9.59 Å². The molecule has 1 aromatic carbocycles. The van der Waals surface area contributed by atoms with E-state index in [2.05, 4.69) is 0 Å². The average Bonchev–Trinajstić information content (AvgIpc) is 2.81. The van der Waals surface area contributed by atoms with Crippen molar-refractivity contribution < 1.29 is 24.2 Å². The first-order valence-electron chi connectivity index (χ1n) is 7.24. The predicted molar refractivity (Wildman–Crippen MR) is 96.3 cm³/mol. The fourth-order valence-electron chi connectivity index (χ4n) is 2.15. The molecule has 128 valence electrons. The summed E-state index contributed by atoms with van der Waals surface area (Å²) in [5.74, 6) is -0.572. The van der Waals surface area contributed by atoms with Gasteiger partial charge in [0.15, 0.2) is 18.1 Å². The van der Waals surface area contributed by atoms with Gasteiger partial charge < -0.3 is 14.6 Å². The molecule has 8 heteroatoms. The van der Waals surface area contributed by atoms with Gasteiger partial charge in [0.1, 0.15) is 4.32 Å². The van der Waals surface area contributed by atoms with Crippen LogP contribution in [-0.4, -0.2) is 46.5 Å². The molecule has 0 radical (unpaired) electrons. The monoisotopic (exact) mass is 367 g/mol. The number of hydrogen-bond acceptors (Lipinski definition) is 6. The maximum atomic E-state index is 12.4. The van der Waals surface area contributed by atoms with Crippen molar-refractivity contribution in [3.63, 3.8) is 0 Å². The van der Waals surface area contributed by atoms with Crippen LogP contribution in [0.3, 0.4) is 0 Å². The average molecular weight is 367 g/mol. The number of thiocarbonyl (C=S) groups is 1. The van der Waals surface area contributed by atoms with Gasteiger partial charge in [0.05, 0.1) is 12.0 Å². The molecule has 1 aliphatic heterocycles. The van der Waals surface area contributed by atoms with Crippen molar-refractivity contribution in [3.8, 4) is 11.5 Å². The molecule has 0 saturated carbocycles. The normalized spacial score (nSPS) is 15.9. The Morgan fingerprint density at radius 1 is 1.46 bits per heavy atom. The Labute approximate surface area is 149 Å². The topological polar surface area (TPSA) is 76.1 Å². The highest BCUT2D eigenvalue weighted by molar-refractivity contribution is 8.26. The highest BCUT2D eigenvalue weighted by atomic mass is 32.2. The zero-order valence-corrected chi connectivity index (χ0v) is 14.9. The standard InChI is InChI=1S/C16H17NO5S2/c1-3-7-17-15(20)12(24-16(17)23)8-10-5-4-6-11(21-2)14(10)22-9-13(18)19/h4-6,8H,3,7,9H2,1-2H3,(H,18,19)/b12-8-. The van der Waals surface area contributed by atoms with Crippen LogP contribution in [0.25, 0.3) is 6.08 Å². The van der Waals surface area contributed by atoms with Crippen LogP contribution >= 0.6 is 24.0 Å². The molecule has 1 aliphatic rings. The molecule has 0 spiro atoms. The number of methoxy groups -OCH3 is 1. The molecule has 1 heterocycles. The van der Waals surface area contributed by atoms with E-state index in [4.69, 9.17) is 26.8 Å². The van der Waals surface area contributed by atoms with Gasteiger partial charge in [-0.25, -0.2) is 4.79 Å². The number of ether oxygens (including phenoxy) is 2. The van der Waals surface area contributed by atoms with E-state index in [0.717, 1.165) is 6.42 Å². The van der Waals surface area contributed by atoms with E-state index in [9.17, 15) is 9.59 Å². The Bertz CT molecular complexity index is 702. The molecule has 0 aromatic heterocycles. The highest BCUT2D eigenvalue weighted by Crippen LogP contribution is 2.37. The molecule has 24 heavy (non-hydrogen) atoms. The number of rotatable bonds is 7. The van der Waals surface area contributed by atoms with Crippen molar-refractivity contribution >= 4 is 46.3 Å². The SMILES string of the molecule is CCCN1C(=O)/C(=C/c2cccc(OC)c2OCC(=O)O)SC1=S. The molecular formula is C16H17NO5S2. The van der Waals surface area contributed by atoms with E-state index in [1.54, 1.807) is 29.2 Å². The minimum Gasteiger partial charge on any atom is -0.493 e. The summed E-state index contributed by atoms with van der Waals surface area (Å²) in [6, 6.07) is 5.13. The zero-order valence-electron chi connectivity index (χ0n) is 13.3. The molecule has 2 rings (SSSR count). The van der Waals surface area contributed by atoms with Crippen LogP contribution in [0.5, 0.6) is 11.5 Å². The minimum atomic E-state index is -1.10. The first-order chi connectivity index (χ1) is 11.5. The van der Waals surface area contributed by atoms with Crippen molar-refractivity contribution in [1.29, 1.82) is 0 Å². The summed E-state index contributed by atoms with van der Waals surface area (Å²) in [7, 11) is 1.47. The first kappa shape index (κ1) is 18.3. The third-order valence-corrected chi connectivity index (χ3v) is 4.55. The van der Waals surface area contributed by atoms with Gasteiger partial charge in [0.2, 0.25) is 0 Å². The quantitative estimate of drug-likeness (QED) is 0.586. The van der Waals surface area contributed by atoms with Crippen LogP contribution in [0.1, 0.15) is 18.9 Å². The van der Waals surface area contributed by atoms with Gasteiger partial charge in [-0.05, 0) is 18.6 Å². The van der Waals surface area contributed by atoms with Crippen LogP contribution in [0.15, 0.2) is 23.1 Å². The molecule has 1 N–H and O–H groups in total. The summed E-state index contributed by atoms with van der Waals surface area (Å²) in [5, 5.41) is 8.82. The Hall–Kier alpha value is -2.06. The van der Waals surface area contributed by atoms with E-state index < -0.39 is 12.6 Å². The number of aliphatic carboxylic acids is 1. The summed E-state index contributed by atoms with van der Waals surface area (Å²) in [6.45, 7) is 2.04. The molecule has 0 atom stereocenters. The molecule has 0 aliphatic carbocycles. The Balaban J connectivity index is 2.36. The second-order valence-corrected chi connectivity index (χ2v) is 6.57. The third-order valence-electron chi connectivity index (χ3n) is 3.18. The molecule has 1 saturated heterocycles. The van der Waals surface area contributed by atoms with E-state index in [-0.39, 0.29) is 11.7 Å². The summed E-state index contributed by atoms with van der Waals surface area (Å²) < 4.78 is 11.1. The summed E-state index contributed by atoms with van der Waals surface area (Å²) in [5.41, 5.74) is 0.563. The predicted octanol–water partition coefficient (Wildman–Crippen LogP) is 2.77. The number of amides is 1. The van der Waals surface area contributed by atoms with Crippen molar-refractivity contribution in [2.45, 2.75) is 13.3 Å². The summed E-state index contributed by atoms with van der Waals surface area (Å²) in [6.07, 6.45) is 2.46. The number of carbonyl (C=O) groups excluding carboxylic acids is 1.